The van der Waals surface area contributed by atoms with Crippen LogP contribution in [-0.2, 0) is 0 Å². The summed E-state index contributed by atoms with van der Waals surface area (Å²) in [6, 6.07) is -0.981. The van der Waals surface area contributed by atoms with E-state index in [0.717, 1.165) is 6.08 Å². The van der Waals surface area contributed by atoms with Gasteiger partial charge in [0, 0.05) is 16.9 Å². The summed E-state index contributed by atoms with van der Waals surface area (Å²) in [5, 5.41) is 20.7. The summed E-state index contributed by atoms with van der Waals surface area (Å²) >= 11 is 0. The van der Waals surface area contributed by atoms with Crippen molar-refractivity contribution in [2.45, 2.75) is 13.0 Å². The number of nitrogens with zero attached hydrogens (tertiary/aromatic N) is 2. The van der Waals surface area contributed by atoms with Gasteiger partial charge in [0.2, 0.25) is 6.04 Å². The van der Waals surface area contributed by atoms with Gasteiger partial charge in [-0.3, -0.25) is 20.2 Å². The molecule has 0 aliphatic heterocycles. The van der Waals surface area contributed by atoms with Crippen LogP contribution in [0.25, 0.3) is 0 Å². The topological polar surface area (TPSA) is 86.3 Å². The van der Waals surface area contributed by atoms with Crippen molar-refractivity contribution in [3.8, 4) is 0 Å². The number of allylic oxidation sites excluding steroid dienone is 1. The zero-order valence-corrected chi connectivity index (χ0v) is 6.91. The molecular formula is C7H8N2O4. The normalized spacial score (nSPS) is 26.7. The van der Waals surface area contributed by atoms with Crippen LogP contribution in [0.1, 0.15) is 6.92 Å². The van der Waals surface area contributed by atoms with E-state index >= 15 is 0 Å². The van der Waals surface area contributed by atoms with Crippen molar-refractivity contribution in [1.29, 1.82) is 0 Å². The molecule has 2 atom stereocenters. The van der Waals surface area contributed by atoms with Crippen LogP contribution >= 0.6 is 0 Å². The van der Waals surface area contributed by atoms with E-state index in [-0.39, 0.29) is 11.6 Å². The number of rotatable bonds is 2. The molecule has 0 heterocycles. The molecule has 70 valence electrons. The van der Waals surface area contributed by atoms with Gasteiger partial charge in [-0.05, 0) is 0 Å². The largest absolute Gasteiger partial charge is 0.271 e. The van der Waals surface area contributed by atoms with E-state index in [1.807, 2.05) is 0 Å². The van der Waals surface area contributed by atoms with Crippen LogP contribution in [0.5, 0.6) is 0 Å². The molecule has 13 heavy (non-hydrogen) atoms. The van der Waals surface area contributed by atoms with Crippen LogP contribution in [0.4, 0.5) is 0 Å². The Morgan fingerprint density at radius 1 is 1.38 bits per heavy atom. The second-order valence-electron chi connectivity index (χ2n) is 2.84. The molecular weight excluding hydrogens is 176 g/mol. The van der Waals surface area contributed by atoms with Crippen molar-refractivity contribution in [2.75, 3.05) is 0 Å². The van der Waals surface area contributed by atoms with Gasteiger partial charge in [0.1, 0.15) is 0 Å². The minimum atomic E-state index is -0.981. The van der Waals surface area contributed by atoms with Gasteiger partial charge in [0.25, 0.3) is 5.70 Å². The molecule has 0 bridgehead atoms. The second kappa shape index (κ2) is 3.34. The van der Waals surface area contributed by atoms with Crippen molar-refractivity contribution >= 4 is 0 Å². The molecule has 0 aromatic carbocycles. The maximum Gasteiger partial charge on any atom is 0.271 e. The molecule has 0 spiro atoms. The summed E-state index contributed by atoms with van der Waals surface area (Å²) in [6.45, 7) is 1.65. The zero-order valence-electron chi connectivity index (χ0n) is 6.91. The maximum absolute atomic E-state index is 10.4. The fourth-order valence-electron chi connectivity index (χ4n) is 1.12. The highest BCUT2D eigenvalue weighted by atomic mass is 16.6. The summed E-state index contributed by atoms with van der Waals surface area (Å²) in [6.07, 6.45) is 3.85. The lowest BCUT2D eigenvalue weighted by molar-refractivity contribution is -0.518. The van der Waals surface area contributed by atoms with E-state index in [1.165, 1.54) is 12.2 Å². The van der Waals surface area contributed by atoms with E-state index in [4.69, 9.17) is 0 Å². The average molecular weight is 184 g/mol. The standard InChI is InChI=1S/C7H8N2O4/c1-5-2-3-6(8(10)11)4-7(5)9(12)13/h2-5,7H,1H3. The smallest absolute Gasteiger partial charge is 0.264 e. The molecule has 6 heteroatoms. The Kier molecular flexibility index (Phi) is 2.41. The quantitative estimate of drug-likeness (QED) is 0.473. The van der Waals surface area contributed by atoms with Crippen molar-refractivity contribution in [3.63, 3.8) is 0 Å². The fraction of sp³-hybridized carbons (Fsp3) is 0.429. The number of hydrogen-bond acceptors (Lipinski definition) is 4. The van der Waals surface area contributed by atoms with Crippen LogP contribution in [0, 0.1) is 26.1 Å². The first kappa shape index (κ1) is 9.37. The van der Waals surface area contributed by atoms with Crippen LogP contribution in [0.3, 0.4) is 0 Å². The Hall–Kier alpha value is -1.72. The Morgan fingerprint density at radius 2 is 2.00 bits per heavy atom. The lowest BCUT2D eigenvalue weighted by Gasteiger charge is -2.12. The van der Waals surface area contributed by atoms with Gasteiger partial charge in [0.05, 0.1) is 11.0 Å². The lowest BCUT2D eigenvalue weighted by Crippen LogP contribution is -2.27. The summed E-state index contributed by atoms with van der Waals surface area (Å²) in [7, 11) is 0. The van der Waals surface area contributed by atoms with E-state index in [2.05, 4.69) is 0 Å². The molecule has 0 aromatic rings. The van der Waals surface area contributed by atoms with E-state index in [0.29, 0.717) is 0 Å². The van der Waals surface area contributed by atoms with Crippen LogP contribution in [0.15, 0.2) is 23.9 Å². The van der Waals surface area contributed by atoms with Crippen molar-refractivity contribution in [2.24, 2.45) is 5.92 Å². The average Bonchev–Trinajstić information content (AvgIpc) is 2.04. The molecule has 0 saturated carbocycles. The molecule has 1 aliphatic rings. The SMILES string of the molecule is CC1C=CC([N+](=O)[O-])=CC1[N+](=O)[O-]. The Morgan fingerprint density at radius 3 is 2.46 bits per heavy atom. The molecule has 0 radical (unpaired) electrons. The van der Waals surface area contributed by atoms with E-state index in [9.17, 15) is 20.2 Å². The highest BCUT2D eigenvalue weighted by Crippen LogP contribution is 2.18. The van der Waals surface area contributed by atoms with Gasteiger partial charge in [-0.1, -0.05) is 13.0 Å². The maximum atomic E-state index is 10.4. The predicted molar refractivity (Wildman–Crippen MR) is 44.2 cm³/mol. The summed E-state index contributed by atoms with van der Waals surface area (Å²) < 4.78 is 0. The van der Waals surface area contributed by atoms with Crippen molar-refractivity contribution in [1.82, 2.24) is 0 Å². The molecule has 1 aliphatic carbocycles. The molecule has 0 saturated heterocycles. The van der Waals surface area contributed by atoms with E-state index < -0.39 is 15.9 Å². The number of hydrogen-bond donors (Lipinski definition) is 0. The van der Waals surface area contributed by atoms with Crippen molar-refractivity contribution in [3.05, 3.63) is 44.2 Å². The van der Waals surface area contributed by atoms with Gasteiger partial charge < -0.3 is 0 Å². The summed E-state index contributed by atoms with van der Waals surface area (Å²) in [4.78, 5) is 19.6. The molecule has 0 N–H and O–H groups in total. The minimum absolute atomic E-state index is 0.209. The predicted octanol–water partition coefficient (Wildman–Crippen LogP) is 0.998. The lowest BCUT2D eigenvalue weighted by atomic mass is 9.96. The highest BCUT2D eigenvalue weighted by Gasteiger charge is 2.30. The molecule has 2 unspecified atom stereocenters. The fourth-order valence-corrected chi connectivity index (χ4v) is 1.12. The zero-order chi connectivity index (χ0) is 10.0. The Bertz CT molecular complexity index is 308. The van der Waals surface area contributed by atoms with Crippen LogP contribution in [0.2, 0.25) is 0 Å². The molecule has 0 aromatic heterocycles. The van der Waals surface area contributed by atoms with Gasteiger partial charge in [0.15, 0.2) is 0 Å². The van der Waals surface area contributed by atoms with Gasteiger partial charge in [-0.2, -0.15) is 0 Å². The second-order valence-corrected chi connectivity index (χ2v) is 2.84. The highest BCUT2D eigenvalue weighted by molar-refractivity contribution is 5.20. The molecule has 1 rings (SSSR count). The molecule has 0 fully saturated rings. The third kappa shape index (κ3) is 1.90. The van der Waals surface area contributed by atoms with E-state index in [1.54, 1.807) is 6.92 Å². The Labute approximate surface area is 73.8 Å². The van der Waals surface area contributed by atoms with Gasteiger partial charge in [-0.15, -0.1) is 0 Å². The van der Waals surface area contributed by atoms with Crippen LogP contribution < -0.4 is 0 Å². The first-order chi connectivity index (χ1) is 6.02. The first-order valence-electron chi connectivity index (χ1n) is 3.70. The third-order valence-electron chi connectivity index (χ3n) is 1.91. The number of nitro groups is 2. The third-order valence-corrected chi connectivity index (χ3v) is 1.91. The first-order valence-corrected chi connectivity index (χ1v) is 3.70. The van der Waals surface area contributed by atoms with Gasteiger partial charge >= 0.3 is 0 Å². The van der Waals surface area contributed by atoms with Crippen LogP contribution in [-0.4, -0.2) is 15.9 Å². The Balaban J connectivity index is 2.93. The molecule has 6 nitrogen and oxygen atoms in total. The molecule has 0 amide bonds. The van der Waals surface area contributed by atoms with Crippen molar-refractivity contribution < 1.29 is 9.85 Å². The summed E-state index contributed by atoms with van der Waals surface area (Å²) in [5.41, 5.74) is -0.209. The monoisotopic (exact) mass is 184 g/mol. The minimum Gasteiger partial charge on any atom is -0.264 e. The summed E-state index contributed by atoms with van der Waals surface area (Å²) in [5.74, 6) is -0.293. The van der Waals surface area contributed by atoms with Gasteiger partial charge in [-0.25, -0.2) is 0 Å².